The molecule has 1 saturated heterocycles. The van der Waals surface area contributed by atoms with Gasteiger partial charge in [-0.2, -0.15) is 0 Å². The minimum Gasteiger partial charge on any atom is -0.308 e. The van der Waals surface area contributed by atoms with E-state index in [0.717, 1.165) is 6.04 Å². The van der Waals surface area contributed by atoms with Gasteiger partial charge < -0.3 is 5.32 Å². The van der Waals surface area contributed by atoms with E-state index in [0.29, 0.717) is 11.1 Å². The number of nitrogens with one attached hydrogen (secondary N) is 1. The lowest BCUT2D eigenvalue weighted by Crippen LogP contribution is -2.69. The Morgan fingerprint density at radius 1 is 1.11 bits per heavy atom. The Labute approximate surface area is 113 Å². The zero-order valence-corrected chi connectivity index (χ0v) is 12.3. The van der Waals surface area contributed by atoms with Crippen molar-refractivity contribution in [1.29, 1.82) is 0 Å². The second-order valence-corrected chi connectivity index (χ2v) is 7.27. The van der Waals surface area contributed by atoms with Crippen molar-refractivity contribution in [3.8, 4) is 0 Å². The fourth-order valence-electron chi connectivity index (χ4n) is 4.55. The molecule has 2 heteroatoms. The Morgan fingerprint density at radius 2 is 1.78 bits per heavy atom. The van der Waals surface area contributed by atoms with Crippen molar-refractivity contribution < 1.29 is 0 Å². The SMILES string of the molecule is CCC1(C)CN(C2CCCC2)C2(CCCC2)CN1. The molecule has 0 aromatic heterocycles. The van der Waals surface area contributed by atoms with Gasteiger partial charge >= 0.3 is 0 Å². The molecule has 1 heterocycles. The molecule has 1 unspecified atom stereocenters. The highest BCUT2D eigenvalue weighted by Crippen LogP contribution is 2.42. The van der Waals surface area contributed by atoms with Crippen LogP contribution in [-0.4, -0.2) is 35.1 Å². The van der Waals surface area contributed by atoms with Crippen molar-refractivity contribution >= 4 is 0 Å². The van der Waals surface area contributed by atoms with E-state index in [-0.39, 0.29) is 0 Å². The van der Waals surface area contributed by atoms with E-state index in [1.807, 2.05) is 0 Å². The number of nitrogens with zero attached hydrogens (tertiary/aromatic N) is 1. The second kappa shape index (κ2) is 4.79. The van der Waals surface area contributed by atoms with E-state index in [1.54, 1.807) is 0 Å². The third-order valence-electron chi connectivity index (χ3n) is 6.05. The summed E-state index contributed by atoms with van der Waals surface area (Å²) >= 11 is 0. The third kappa shape index (κ3) is 2.12. The first-order chi connectivity index (χ1) is 8.68. The standard InChI is InChI=1S/C16H30N2/c1-3-15(2)13-18(14-8-4-5-9-14)16(12-17-15)10-6-7-11-16/h14,17H,3-13H2,1-2H3. The first-order valence-electron chi connectivity index (χ1n) is 8.19. The number of piperazine rings is 1. The van der Waals surface area contributed by atoms with E-state index in [1.165, 1.54) is 70.9 Å². The molecule has 2 nitrogen and oxygen atoms in total. The highest BCUT2D eigenvalue weighted by Gasteiger charge is 2.48. The molecule has 1 N–H and O–H groups in total. The molecule has 2 saturated carbocycles. The summed E-state index contributed by atoms with van der Waals surface area (Å²) in [5.41, 5.74) is 0.889. The molecule has 0 amide bonds. The molecule has 1 aliphatic heterocycles. The van der Waals surface area contributed by atoms with Crippen molar-refractivity contribution in [1.82, 2.24) is 10.2 Å². The summed E-state index contributed by atoms with van der Waals surface area (Å²) in [6.07, 6.45) is 12.9. The third-order valence-corrected chi connectivity index (χ3v) is 6.05. The van der Waals surface area contributed by atoms with Crippen molar-refractivity contribution in [3.63, 3.8) is 0 Å². The van der Waals surface area contributed by atoms with E-state index in [4.69, 9.17) is 0 Å². The lowest BCUT2D eigenvalue weighted by molar-refractivity contribution is -0.0193. The first-order valence-corrected chi connectivity index (χ1v) is 8.19. The van der Waals surface area contributed by atoms with E-state index in [2.05, 4.69) is 24.1 Å². The van der Waals surface area contributed by atoms with E-state index < -0.39 is 0 Å². The second-order valence-electron chi connectivity index (χ2n) is 7.27. The molecule has 18 heavy (non-hydrogen) atoms. The van der Waals surface area contributed by atoms with Crippen LogP contribution in [0.15, 0.2) is 0 Å². The Kier molecular flexibility index (Phi) is 3.44. The molecule has 3 aliphatic rings. The van der Waals surface area contributed by atoms with Gasteiger partial charge in [0.2, 0.25) is 0 Å². The number of hydrogen-bond donors (Lipinski definition) is 1. The minimum atomic E-state index is 0.358. The topological polar surface area (TPSA) is 15.3 Å². The quantitative estimate of drug-likeness (QED) is 0.809. The van der Waals surface area contributed by atoms with Gasteiger partial charge in [0.25, 0.3) is 0 Å². The summed E-state index contributed by atoms with van der Waals surface area (Å²) in [6.45, 7) is 7.30. The van der Waals surface area contributed by atoms with Crippen LogP contribution in [0.25, 0.3) is 0 Å². The maximum atomic E-state index is 3.89. The lowest BCUT2D eigenvalue weighted by Gasteiger charge is -2.55. The van der Waals surface area contributed by atoms with Gasteiger partial charge in [-0.05, 0) is 39.0 Å². The lowest BCUT2D eigenvalue weighted by atomic mass is 9.83. The molecule has 1 spiro atoms. The van der Waals surface area contributed by atoms with Gasteiger partial charge in [0.05, 0.1) is 0 Å². The van der Waals surface area contributed by atoms with Crippen LogP contribution < -0.4 is 5.32 Å². The summed E-state index contributed by atoms with van der Waals surface area (Å²) in [5.74, 6) is 0. The Morgan fingerprint density at radius 3 is 2.39 bits per heavy atom. The summed E-state index contributed by atoms with van der Waals surface area (Å²) < 4.78 is 0. The van der Waals surface area contributed by atoms with E-state index >= 15 is 0 Å². The zero-order valence-electron chi connectivity index (χ0n) is 12.3. The van der Waals surface area contributed by atoms with Crippen LogP contribution in [0, 0.1) is 0 Å². The van der Waals surface area contributed by atoms with Crippen LogP contribution in [0.5, 0.6) is 0 Å². The molecule has 0 aromatic rings. The monoisotopic (exact) mass is 250 g/mol. The summed E-state index contributed by atoms with van der Waals surface area (Å²) in [7, 11) is 0. The molecular formula is C16H30N2. The molecule has 0 radical (unpaired) electrons. The molecule has 104 valence electrons. The zero-order chi connectivity index (χ0) is 12.6. The summed E-state index contributed by atoms with van der Waals surface area (Å²) in [5, 5.41) is 3.89. The summed E-state index contributed by atoms with van der Waals surface area (Å²) in [4.78, 5) is 2.97. The minimum absolute atomic E-state index is 0.358. The molecule has 2 aliphatic carbocycles. The van der Waals surface area contributed by atoms with Crippen LogP contribution in [0.1, 0.15) is 71.6 Å². The van der Waals surface area contributed by atoms with Crippen molar-refractivity contribution in [2.24, 2.45) is 0 Å². The average molecular weight is 250 g/mol. The summed E-state index contributed by atoms with van der Waals surface area (Å²) in [6, 6.07) is 0.899. The van der Waals surface area contributed by atoms with Crippen molar-refractivity contribution in [2.75, 3.05) is 13.1 Å². The van der Waals surface area contributed by atoms with Gasteiger partial charge in [-0.25, -0.2) is 0 Å². The fourth-order valence-corrected chi connectivity index (χ4v) is 4.55. The van der Waals surface area contributed by atoms with Crippen LogP contribution in [0.3, 0.4) is 0 Å². The van der Waals surface area contributed by atoms with Gasteiger partial charge in [-0.1, -0.05) is 32.6 Å². The Hall–Kier alpha value is -0.0800. The van der Waals surface area contributed by atoms with Crippen molar-refractivity contribution in [3.05, 3.63) is 0 Å². The number of rotatable bonds is 2. The van der Waals surface area contributed by atoms with Crippen LogP contribution in [0.2, 0.25) is 0 Å². The average Bonchev–Trinajstić information content (AvgIpc) is 3.05. The maximum Gasteiger partial charge on any atom is 0.0337 e. The van der Waals surface area contributed by atoms with Crippen LogP contribution in [-0.2, 0) is 0 Å². The highest BCUT2D eigenvalue weighted by atomic mass is 15.3. The van der Waals surface area contributed by atoms with Gasteiger partial charge in [-0.3, -0.25) is 4.90 Å². The normalized spacial score (nSPS) is 37.7. The largest absolute Gasteiger partial charge is 0.308 e. The van der Waals surface area contributed by atoms with Crippen molar-refractivity contribution in [2.45, 2.75) is 88.8 Å². The van der Waals surface area contributed by atoms with Crippen LogP contribution in [0.4, 0.5) is 0 Å². The first kappa shape index (κ1) is 12.9. The predicted molar refractivity (Wildman–Crippen MR) is 76.9 cm³/mol. The molecule has 3 fully saturated rings. The fraction of sp³-hybridized carbons (Fsp3) is 1.00. The van der Waals surface area contributed by atoms with E-state index in [9.17, 15) is 0 Å². The predicted octanol–water partition coefficient (Wildman–Crippen LogP) is 3.32. The van der Waals surface area contributed by atoms with Crippen LogP contribution >= 0.6 is 0 Å². The Bertz CT molecular complexity index is 289. The Balaban J connectivity index is 1.81. The molecule has 0 aromatic carbocycles. The molecule has 0 bridgehead atoms. The molecule has 3 rings (SSSR count). The highest BCUT2D eigenvalue weighted by molar-refractivity contribution is 5.07. The number of hydrogen-bond acceptors (Lipinski definition) is 2. The molecule has 1 atom stereocenters. The van der Waals surface area contributed by atoms with Gasteiger partial charge in [-0.15, -0.1) is 0 Å². The van der Waals surface area contributed by atoms with Gasteiger partial charge in [0.1, 0.15) is 0 Å². The van der Waals surface area contributed by atoms with Gasteiger partial charge in [0, 0.05) is 30.2 Å². The van der Waals surface area contributed by atoms with Gasteiger partial charge in [0.15, 0.2) is 0 Å². The smallest absolute Gasteiger partial charge is 0.0337 e. The maximum absolute atomic E-state index is 3.89. The molecular weight excluding hydrogens is 220 g/mol.